The second-order valence-corrected chi connectivity index (χ2v) is 7.23. The molecule has 0 aliphatic carbocycles. The van der Waals surface area contributed by atoms with Crippen molar-refractivity contribution in [2.45, 2.75) is 38.8 Å². The van der Waals surface area contributed by atoms with Gasteiger partial charge in [-0.2, -0.15) is 0 Å². The van der Waals surface area contributed by atoms with Gasteiger partial charge >= 0.3 is 0 Å². The van der Waals surface area contributed by atoms with Crippen molar-refractivity contribution in [3.8, 4) is 0 Å². The van der Waals surface area contributed by atoms with Gasteiger partial charge in [-0.3, -0.25) is 9.59 Å². The first-order valence-corrected chi connectivity index (χ1v) is 9.48. The predicted molar refractivity (Wildman–Crippen MR) is 97.9 cm³/mol. The summed E-state index contributed by atoms with van der Waals surface area (Å²) in [6.45, 7) is 4.02. The van der Waals surface area contributed by atoms with E-state index in [2.05, 4.69) is 10.3 Å². The summed E-state index contributed by atoms with van der Waals surface area (Å²) in [5.41, 5.74) is 2.01. The molecule has 2 N–H and O–H groups in total. The first-order chi connectivity index (χ1) is 11.6. The van der Waals surface area contributed by atoms with Crippen LogP contribution in [0, 0.1) is 0 Å². The van der Waals surface area contributed by atoms with Gasteiger partial charge in [0.05, 0.1) is 12.3 Å². The Morgan fingerprint density at radius 2 is 2.21 bits per heavy atom. The van der Waals surface area contributed by atoms with Crippen molar-refractivity contribution in [3.63, 3.8) is 0 Å². The normalized spacial score (nSPS) is 18.8. The van der Waals surface area contributed by atoms with Crippen LogP contribution in [-0.4, -0.2) is 45.4 Å². The van der Waals surface area contributed by atoms with Crippen LogP contribution in [0.4, 0.5) is 0 Å². The number of aromatic nitrogens is 1. The number of nitrogens with zero attached hydrogens (tertiary/aromatic N) is 1. The zero-order chi connectivity index (χ0) is 17.1. The highest BCUT2D eigenvalue weighted by Gasteiger charge is 2.34. The summed E-state index contributed by atoms with van der Waals surface area (Å²) in [7, 11) is 0. The van der Waals surface area contributed by atoms with E-state index < -0.39 is 0 Å². The average molecular weight is 345 g/mol. The number of thioether (sulfide) groups is 1. The van der Waals surface area contributed by atoms with Crippen molar-refractivity contribution in [1.82, 2.24) is 15.2 Å². The van der Waals surface area contributed by atoms with Gasteiger partial charge in [0, 0.05) is 28.9 Å². The molecule has 2 aromatic rings. The zero-order valence-electron chi connectivity index (χ0n) is 14.0. The lowest BCUT2D eigenvalue weighted by Gasteiger charge is -2.24. The van der Waals surface area contributed by atoms with Gasteiger partial charge in [0.25, 0.3) is 0 Å². The number of carbonyl (C=O) groups is 2. The highest BCUT2D eigenvalue weighted by molar-refractivity contribution is 7.99. The molecule has 1 aromatic carbocycles. The smallest absolute Gasteiger partial charge is 0.243 e. The molecule has 128 valence electrons. The summed E-state index contributed by atoms with van der Waals surface area (Å²) in [6.07, 6.45) is 3.09. The molecule has 1 aromatic heterocycles. The van der Waals surface area contributed by atoms with Crippen molar-refractivity contribution in [3.05, 3.63) is 36.0 Å². The molecule has 2 amide bonds. The molecule has 0 spiro atoms. The maximum Gasteiger partial charge on any atom is 0.243 e. The number of aromatic amines is 1. The van der Waals surface area contributed by atoms with Gasteiger partial charge in [0.1, 0.15) is 6.04 Å². The molecule has 0 bridgehead atoms. The van der Waals surface area contributed by atoms with Crippen molar-refractivity contribution in [2.75, 3.05) is 11.6 Å². The summed E-state index contributed by atoms with van der Waals surface area (Å²) in [6, 6.07) is 7.72. The van der Waals surface area contributed by atoms with Gasteiger partial charge in [-0.05, 0) is 25.0 Å². The van der Waals surface area contributed by atoms with E-state index in [1.807, 2.05) is 44.3 Å². The largest absolute Gasteiger partial charge is 0.361 e. The molecule has 0 radical (unpaired) electrons. The number of nitrogens with one attached hydrogen (secondary N) is 2. The number of carbonyl (C=O) groups excluding carboxylic acids is 2. The fourth-order valence-corrected chi connectivity index (χ4v) is 4.07. The van der Waals surface area contributed by atoms with Crippen LogP contribution in [0.3, 0.4) is 0 Å². The number of rotatable bonds is 5. The minimum absolute atomic E-state index is 0.00838. The van der Waals surface area contributed by atoms with E-state index >= 15 is 0 Å². The summed E-state index contributed by atoms with van der Waals surface area (Å²) < 4.78 is 0. The third-order valence-corrected chi connectivity index (χ3v) is 5.54. The second kappa shape index (κ2) is 7.30. The van der Waals surface area contributed by atoms with E-state index in [-0.39, 0.29) is 23.9 Å². The Balaban J connectivity index is 1.70. The molecule has 24 heavy (non-hydrogen) atoms. The Hall–Kier alpha value is -1.95. The number of benzene rings is 1. The molecular formula is C18H23N3O2S. The number of hydrogen-bond donors (Lipinski definition) is 2. The molecule has 5 nitrogen and oxygen atoms in total. The lowest BCUT2D eigenvalue weighted by molar-refractivity contribution is -0.137. The highest BCUT2D eigenvalue weighted by Crippen LogP contribution is 2.24. The first kappa shape index (κ1) is 16.9. The zero-order valence-corrected chi connectivity index (χ0v) is 14.9. The molecular weight excluding hydrogens is 322 g/mol. The molecule has 2 heterocycles. The van der Waals surface area contributed by atoms with Gasteiger partial charge in [-0.1, -0.05) is 25.1 Å². The van der Waals surface area contributed by atoms with E-state index in [0.29, 0.717) is 18.1 Å². The average Bonchev–Trinajstić information content (AvgIpc) is 3.22. The molecule has 0 unspecified atom stereocenters. The number of fused-ring (bicyclic) bond motifs is 1. The molecule has 0 saturated carbocycles. The Morgan fingerprint density at radius 1 is 1.42 bits per heavy atom. The van der Waals surface area contributed by atoms with Gasteiger partial charge in [-0.25, -0.2) is 0 Å². The quantitative estimate of drug-likeness (QED) is 0.875. The SMILES string of the molecule is CC[C@H](C)NC(=O)[C@H]1CSCN1C(=O)Cc1c[nH]c2ccccc12. The van der Waals surface area contributed by atoms with Crippen LogP contribution < -0.4 is 5.32 Å². The molecule has 2 atom stereocenters. The van der Waals surface area contributed by atoms with E-state index in [1.54, 1.807) is 16.7 Å². The molecule has 1 fully saturated rings. The van der Waals surface area contributed by atoms with Gasteiger partial charge in [-0.15, -0.1) is 11.8 Å². The number of hydrogen-bond acceptors (Lipinski definition) is 3. The lowest BCUT2D eigenvalue weighted by Crippen LogP contribution is -2.49. The molecule has 3 rings (SSSR count). The topological polar surface area (TPSA) is 65.2 Å². The van der Waals surface area contributed by atoms with E-state index in [1.165, 1.54) is 0 Å². The van der Waals surface area contributed by atoms with E-state index in [4.69, 9.17) is 0 Å². The number of H-pyrrole nitrogens is 1. The van der Waals surface area contributed by atoms with E-state index in [9.17, 15) is 9.59 Å². The van der Waals surface area contributed by atoms with E-state index in [0.717, 1.165) is 22.9 Å². The van der Waals surface area contributed by atoms with Crippen molar-refractivity contribution < 1.29 is 9.59 Å². The van der Waals surface area contributed by atoms with Crippen LogP contribution in [0.15, 0.2) is 30.5 Å². The molecule has 1 aliphatic rings. The minimum atomic E-state index is -0.360. The maximum atomic E-state index is 12.7. The number of amides is 2. The lowest BCUT2D eigenvalue weighted by atomic mass is 10.1. The molecule has 1 aliphatic heterocycles. The predicted octanol–water partition coefficient (Wildman–Crippen LogP) is 2.53. The van der Waals surface area contributed by atoms with Crippen molar-refractivity contribution in [1.29, 1.82) is 0 Å². The first-order valence-electron chi connectivity index (χ1n) is 8.32. The fourth-order valence-electron chi connectivity index (χ4n) is 2.89. The second-order valence-electron chi connectivity index (χ2n) is 6.23. The van der Waals surface area contributed by atoms with Crippen LogP contribution in [-0.2, 0) is 16.0 Å². The van der Waals surface area contributed by atoms with Crippen LogP contribution in [0.1, 0.15) is 25.8 Å². The Bertz CT molecular complexity index is 743. The highest BCUT2D eigenvalue weighted by atomic mass is 32.2. The van der Waals surface area contributed by atoms with Crippen molar-refractivity contribution in [2.24, 2.45) is 0 Å². The Kier molecular flexibility index (Phi) is 5.14. The maximum absolute atomic E-state index is 12.7. The Morgan fingerprint density at radius 3 is 3.00 bits per heavy atom. The third kappa shape index (κ3) is 3.43. The minimum Gasteiger partial charge on any atom is -0.361 e. The van der Waals surface area contributed by atoms with Crippen LogP contribution in [0.5, 0.6) is 0 Å². The van der Waals surface area contributed by atoms with Crippen molar-refractivity contribution >= 4 is 34.5 Å². The monoisotopic (exact) mass is 345 g/mol. The summed E-state index contributed by atoms with van der Waals surface area (Å²) in [5, 5.41) is 4.06. The fraction of sp³-hybridized carbons (Fsp3) is 0.444. The number of para-hydroxylation sites is 1. The summed E-state index contributed by atoms with van der Waals surface area (Å²) in [5.74, 6) is 1.22. The summed E-state index contributed by atoms with van der Waals surface area (Å²) in [4.78, 5) is 30.1. The molecule has 6 heteroatoms. The standard InChI is InChI=1S/C18H23N3O2S/c1-3-12(2)20-18(23)16-10-24-11-21(16)17(22)8-13-9-19-15-7-5-4-6-14(13)15/h4-7,9,12,16,19H,3,8,10-11H2,1-2H3,(H,20,23)/t12-,16+/m0/s1. The van der Waals surface area contributed by atoms with Gasteiger partial charge in [0.15, 0.2) is 0 Å². The van der Waals surface area contributed by atoms with Crippen LogP contribution in [0.2, 0.25) is 0 Å². The van der Waals surface area contributed by atoms with Gasteiger partial charge < -0.3 is 15.2 Å². The van der Waals surface area contributed by atoms with Crippen LogP contribution >= 0.6 is 11.8 Å². The summed E-state index contributed by atoms with van der Waals surface area (Å²) >= 11 is 1.63. The van der Waals surface area contributed by atoms with Gasteiger partial charge in [0.2, 0.25) is 11.8 Å². The van der Waals surface area contributed by atoms with Crippen LogP contribution in [0.25, 0.3) is 10.9 Å². The molecule has 1 saturated heterocycles. The Labute approximate surface area is 146 Å². The third-order valence-electron chi connectivity index (χ3n) is 4.52.